The highest BCUT2D eigenvalue weighted by Gasteiger charge is 2.30. The van der Waals surface area contributed by atoms with Crippen molar-refractivity contribution in [1.82, 2.24) is 0 Å². The molecule has 42 heavy (non-hydrogen) atoms. The summed E-state index contributed by atoms with van der Waals surface area (Å²) in [5.74, 6) is 2.60. The Bertz CT molecular complexity index is 1390. The summed E-state index contributed by atoms with van der Waals surface area (Å²) in [5, 5.41) is 0. The molecule has 0 atom stereocenters. The zero-order chi connectivity index (χ0) is 30.1. The lowest BCUT2D eigenvalue weighted by atomic mass is 10.0. The summed E-state index contributed by atoms with van der Waals surface area (Å²) in [5.41, 5.74) is 6.48. The Morgan fingerprint density at radius 1 is 0.476 bits per heavy atom. The first kappa shape index (κ1) is 30.7. The molecule has 0 spiro atoms. The molecular weight excluding hydrogens is 551 g/mol. The van der Waals surface area contributed by atoms with Crippen LogP contribution in [0.1, 0.15) is 47.2 Å². The maximum atomic E-state index is 13.2. The maximum absolute atomic E-state index is 13.2. The van der Waals surface area contributed by atoms with Gasteiger partial charge in [0.15, 0.2) is 11.5 Å². The Labute approximate surface area is 249 Å². The minimum Gasteiger partial charge on any atom is -0.496 e. The lowest BCUT2D eigenvalue weighted by Crippen LogP contribution is -2.00. The van der Waals surface area contributed by atoms with Crippen LogP contribution in [-0.2, 0) is 30.2 Å². The smallest absolute Gasteiger partial charge is 0.496 e. The summed E-state index contributed by atoms with van der Waals surface area (Å²) in [4.78, 5) is 0. The normalized spacial score (nSPS) is 10.6. The molecule has 0 saturated heterocycles. The van der Waals surface area contributed by atoms with Crippen molar-refractivity contribution < 1.29 is 32.6 Å². The molecule has 0 N–H and O–H groups in total. The summed E-state index contributed by atoms with van der Waals surface area (Å²) in [6, 6.07) is 23.8. The highest BCUT2D eigenvalue weighted by molar-refractivity contribution is 7.34. The van der Waals surface area contributed by atoms with Gasteiger partial charge >= 0.3 is 8.25 Å². The molecule has 7 nitrogen and oxygen atoms in total. The SMILES string of the molecule is CCc1ccc(Cc2cc(O[P+](=O)Oc3cc(Cc4ccc(CC)cc4)c(OC)cc3OC)c(OC)cc2OC)cc1. The summed E-state index contributed by atoms with van der Waals surface area (Å²) in [6.07, 6.45) is 3.15. The monoisotopic (exact) mass is 589 g/mol. The van der Waals surface area contributed by atoms with E-state index in [0.29, 0.717) is 35.8 Å². The first-order valence-corrected chi connectivity index (χ1v) is 15.0. The molecule has 0 aliphatic heterocycles. The molecule has 0 radical (unpaired) electrons. The Morgan fingerprint density at radius 2 is 0.810 bits per heavy atom. The van der Waals surface area contributed by atoms with Crippen LogP contribution in [0.2, 0.25) is 0 Å². The third-order valence-electron chi connectivity index (χ3n) is 7.13. The summed E-state index contributed by atoms with van der Waals surface area (Å²) < 4.78 is 47.1. The second kappa shape index (κ2) is 14.6. The van der Waals surface area contributed by atoms with Gasteiger partial charge in [-0.05, 0) is 47.2 Å². The topological polar surface area (TPSA) is 72.5 Å². The van der Waals surface area contributed by atoms with E-state index in [4.69, 9.17) is 28.0 Å². The number of rotatable bonds is 14. The van der Waals surface area contributed by atoms with Gasteiger partial charge in [0, 0.05) is 40.7 Å². The molecule has 0 unspecified atom stereocenters. The first-order valence-electron chi connectivity index (χ1n) is 13.9. The third kappa shape index (κ3) is 7.54. The zero-order valence-electron chi connectivity index (χ0n) is 25.1. The van der Waals surface area contributed by atoms with Crippen LogP contribution in [-0.4, -0.2) is 28.4 Å². The molecular formula is C34H38O7P+. The van der Waals surface area contributed by atoms with Gasteiger partial charge < -0.3 is 18.9 Å². The average molecular weight is 590 g/mol. The molecule has 0 heterocycles. The van der Waals surface area contributed by atoms with Gasteiger partial charge in [-0.25, -0.2) is 9.05 Å². The molecule has 0 amide bonds. The summed E-state index contributed by atoms with van der Waals surface area (Å²) in [7, 11) is 3.59. The van der Waals surface area contributed by atoms with Crippen LogP contribution in [0.4, 0.5) is 0 Å². The van der Waals surface area contributed by atoms with E-state index in [1.54, 1.807) is 38.5 Å². The lowest BCUT2D eigenvalue weighted by Gasteiger charge is -2.13. The van der Waals surface area contributed by atoms with E-state index in [-0.39, 0.29) is 11.5 Å². The Kier molecular flexibility index (Phi) is 10.7. The Balaban J connectivity index is 1.58. The molecule has 4 aromatic rings. The van der Waals surface area contributed by atoms with Crippen molar-refractivity contribution in [2.45, 2.75) is 39.5 Å². The van der Waals surface area contributed by atoms with Crippen molar-refractivity contribution in [3.8, 4) is 34.5 Å². The van der Waals surface area contributed by atoms with Crippen molar-refractivity contribution in [3.63, 3.8) is 0 Å². The van der Waals surface area contributed by atoms with E-state index in [1.807, 2.05) is 0 Å². The van der Waals surface area contributed by atoms with Gasteiger partial charge in [0.05, 0.1) is 28.4 Å². The second-order valence-corrected chi connectivity index (χ2v) is 10.5. The molecule has 0 fully saturated rings. The van der Waals surface area contributed by atoms with Gasteiger partial charge in [-0.3, -0.25) is 0 Å². The quantitative estimate of drug-likeness (QED) is 0.138. The largest absolute Gasteiger partial charge is 0.805 e. The first-order chi connectivity index (χ1) is 20.4. The number of ether oxygens (including phenoxy) is 4. The fraction of sp³-hybridized carbons (Fsp3) is 0.294. The summed E-state index contributed by atoms with van der Waals surface area (Å²) >= 11 is 0. The van der Waals surface area contributed by atoms with E-state index >= 15 is 0 Å². The van der Waals surface area contributed by atoms with Gasteiger partial charge in [0.25, 0.3) is 0 Å². The number of benzene rings is 4. The second-order valence-electron chi connectivity index (χ2n) is 9.73. The van der Waals surface area contributed by atoms with Gasteiger partial charge in [0.2, 0.25) is 11.5 Å². The predicted octanol–water partition coefficient (Wildman–Crippen LogP) is 8.14. The Hall–Kier alpha value is -4.22. The minimum absolute atomic E-state index is 0.281. The fourth-order valence-electron chi connectivity index (χ4n) is 4.69. The average Bonchev–Trinajstić information content (AvgIpc) is 3.02. The fourth-order valence-corrected chi connectivity index (χ4v) is 5.33. The van der Waals surface area contributed by atoms with Crippen LogP contribution in [0.15, 0.2) is 72.8 Å². The van der Waals surface area contributed by atoms with Crippen molar-refractivity contribution in [2.24, 2.45) is 0 Å². The van der Waals surface area contributed by atoms with E-state index in [9.17, 15) is 4.57 Å². The predicted molar refractivity (Wildman–Crippen MR) is 165 cm³/mol. The third-order valence-corrected chi connectivity index (χ3v) is 7.82. The standard InChI is InChI=1S/C34H38O7P/c1-7-23-9-13-25(14-10-23)17-27-19-33(31(38-5)21-29(27)36-3)40-42(35)41-34-20-28(30(37-4)22-32(34)39-6)18-26-15-11-24(8-2)12-16-26/h9-16,19-22H,7-8,17-18H2,1-6H3/q+1. The van der Waals surface area contributed by atoms with Crippen molar-refractivity contribution in [3.05, 3.63) is 106 Å². The van der Waals surface area contributed by atoms with Crippen LogP contribution >= 0.6 is 8.25 Å². The number of aryl methyl sites for hydroxylation is 2. The molecule has 220 valence electrons. The van der Waals surface area contributed by atoms with Crippen LogP contribution < -0.4 is 28.0 Å². The molecule has 0 bridgehead atoms. The summed E-state index contributed by atoms with van der Waals surface area (Å²) in [6.45, 7) is 4.25. The van der Waals surface area contributed by atoms with E-state index in [2.05, 4.69) is 62.4 Å². The zero-order valence-corrected chi connectivity index (χ0v) is 26.0. The molecule has 4 aromatic carbocycles. The molecule has 0 aliphatic carbocycles. The van der Waals surface area contributed by atoms with Crippen molar-refractivity contribution >= 4 is 8.25 Å². The van der Waals surface area contributed by atoms with E-state index in [0.717, 1.165) is 35.1 Å². The molecule has 0 saturated carbocycles. The van der Waals surface area contributed by atoms with Crippen molar-refractivity contribution in [2.75, 3.05) is 28.4 Å². The lowest BCUT2D eigenvalue weighted by molar-refractivity contribution is 0.354. The molecule has 8 heteroatoms. The molecule has 0 aliphatic rings. The van der Waals surface area contributed by atoms with E-state index in [1.165, 1.54) is 25.3 Å². The van der Waals surface area contributed by atoms with Gasteiger partial charge in [-0.2, -0.15) is 0 Å². The van der Waals surface area contributed by atoms with Crippen LogP contribution in [0.25, 0.3) is 0 Å². The minimum atomic E-state index is -2.65. The molecule has 0 aromatic heterocycles. The van der Waals surface area contributed by atoms with Crippen LogP contribution in [0, 0.1) is 0 Å². The Morgan fingerprint density at radius 3 is 1.12 bits per heavy atom. The van der Waals surface area contributed by atoms with Gasteiger partial charge in [0.1, 0.15) is 11.5 Å². The van der Waals surface area contributed by atoms with Crippen molar-refractivity contribution in [1.29, 1.82) is 0 Å². The van der Waals surface area contributed by atoms with Gasteiger partial charge in [-0.1, -0.05) is 62.4 Å². The number of methoxy groups -OCH3 is 4. The number of hydrogen-bond acceptors (Lipinski definition) is 7. The maximum Gasteiger partial charge on any atom is 0.805 e. The van der Waals surface area contributed by atoms with Crippen LogP contribution in [0.3, 0.4) is 0 Å². The van der Waals surface area contributed by atoms with Gasteiger partial charge in [-0.15, -0.1) is 0 Å². The molecule has 4 rings (SSSR count). The van der Waals surface area contributed by atoms with E-state index < -0.39 is 8.25 Å². The highest BCUT2D eigenvalue weighted by atomic mass is 31.1. The number of hydrogen-bond donors (Lipinski definition) is 0. The van der Waals surface area contributed by atoms with Crippen LogP contribution in [0.5, 0.6) is 34.5 Å². The highest BCUT2D eigenvalue weighted by Crippen LogP contribution is 2.44.